The third-order valence-electron chi connectivity index (χ3n) is 4.76. The molecule has 3 saturated heterocycles. The van der Waals surface area contributed by atoms with E-state index in [1.165, 1.54) is 11.8 Å². The van der Waals surface area contributed by atoms with Crippen molar-refractivity contribution in [3.8, 4) is 0 Å². The molecule has 0 aromatic heterocycles. The minimum absolute atomic E-state index is 0. The van der Waals surface area contributed by atoms with Crippen molar-refractivity contribution in [2.24, 2.45) is 0 Å². The maximum Gasteiger partial charge on any atom is 0.233 e. The number of fused-ring (bicyclic) bond motifs is 2. The molecule has 1 N–H and O–H groups in total. The zero-order valence-electron chi connectivity index (χ0n) is 13.4. The lowest BCUT2D eigenvalue weighted by atomic mass is 10.1. The Morgan fingerprint density at radius 3 is 2.52 bits per heavy atom. The van der Waals surface area contributed by atoms with Gasteiger partial charge < -0.3 is 19.9 Å². The fourth-order valence-corrected chi connectivity index (χ4v) is 4.38. The molecule has 3 aliphatic heterocycles. The Hall–Kier alpha value is -0.500. The molecule has 23 heavy (non-hydrogen) atoms. The van der Waals surface area contributed by atoms with E-state index in [0.29, 0.717) is 49.9 Å². The Bertz CT molecular complexity index is 407. The zero-order chi connectivity index (χ0) is 15.4. The van der Waals surface area contributed by atoms with Crippen molar-refractivity contribution in [1.82, 2.24) is 15.1 Å². The number of rotatable bonds is 4. The summed E-state index contributed by atoms with van der Waals surface area (Å²) in [4.78, 5) is 28.5. The van der Waals surface area contributed by atoms with Crippen molar-refractivity contribution in [3.63, 3.8) is 0 Å². The van der Waals surface area contributed by atoms with Gasteiger partial charge in [-0.15, -0.1) is 24.2 Å². The molecule has 2 bridgehead atoms. The van der Waals surface area contributed by atoms with E-state index in [4.69, 9.17) is 4.74 Å². The normalized spacial score (nSPS) is 27.3. The van der Waals surface area contributed by atoms with Gasteiger partial charge >= 0.3 is 0 Å². The first-order valence-electron chi connectivity index (χ1n) is 8.21. The molecule has 0 radical (unpaired) electrons. The number of carbonyl (C=O) groups excluding carboxylic acids is 2. The molecule has 132 valence electrons. The van der Waals surface area contributed by atoms with Crippen LogP contribution in [0.3, 0.4) is 0 Å². The molecule has 0 aromatic carbocycles. The van der Waals surface area contributed by atoms with Crippen LogP contribution < -0.4 is 5.32 Å². The van der Waals surface area contributed by atoms with Crippen LogP contribution in [0.1, 0.15) is 19.3 Å². The summed E-state index contributed by atoms with van der Waals surface area (Å²) < 4.78 is 5.25. The van der Waals surface area contributed by atoms with E-state index < -0.39 is 0 Å². The smallest absolute Gasteiger partial charge is 0.233 e. The molecule has 0 aliphatic carbocycles. The average Bonchev–Trinajstić information content (AvgIpc) is 2.81. The van der Waals surface area contributed by atoms with E-state index in [-0.39, 0.29) is 24.2 Å². The highest BCUT2D eigenvalue weighted by Gasteiger charge is 2.37. The van der Waals surface area contributed by atoms with Crippen LogP contribution in [0.25, 0.3) is 0 Å². The van der Waals surface area contributed by atoms with Crippen LogP contribution in [0.2, 0.25) is 0 Å². The Labute approximate surface area is 148 Å². The fraction of sp³-hybridized carbons (Fsp3) is 0.867. The summed E-state index contributed by atoms with van der Waals surface area (Å²) in [6.07, 6.45) is 3.30. The highest BCUT2D eigenvalue weighted by molar-refractivity contribution is 8.00. The quantitative estimate of drug-likeness (QED) is 0.781. The Kier molecular flexibility index (Phi) is 7.46. The van der Waals surface area contributed by atoms with Crippen molar-refractivity contribution in [2.75, 3.05) is 50.9 Å². The molecule has 2 amide bonds. The molecule has 2 atom stereocenters. The van der Waals surface area contributed by atoms with E-state index in [9.17, 15) is 9.59 Å². The Balaban J connectivity index is 0.00000192. The van der Waals surface area contributed by atoms with Crippen molar-refractivity contribution in [2.45, 2.75) is 31.3 Å². The van der Waals surface area contributed by atoms with Crippen molar-refractivity contribution in [1.29, 1.82) is 0 Å². The lowest BCUT2D eigenvalue weighted by Gasteiger charge is -2.28. The van der Waals surface area contributed by atoms with Crippen LogP contribution in [0.4, 0.5) is 0 Å². The van der Waals surface area contributed by atoms with Gasteiger partial charge in [0, 0.05) is 31.7 Å². The molecular weight excluding hydrogens is 338 g/mol. The van der Waals surface area contributed by atoms with Gasteiger partial charge in [0.2, 0.25) is 11.8 Å². The lowest BCUT2D eigenvalue weighted by Crippen LogP contribution is -2.44. The van der Waals surface area contributed by atoms with E-state index >= 15 is 0 Å². The summed E-state index contributed by atoms with van der Waals surface area (Å²) in [5, 5.41) is 3.41. The van der Waals surface area contributed by atoms with Gasteiger partial charge in [0.15, 0.2) is 0 Å². The summed E-state index contributed by atoms with van der Waals surface area (Å²) in [6, 6.07) is 0.763. The molecule has 3 heterocycles. The monoisotopic (exact) mass is 363 g/mol. The zero-order valence-corrected chi connectivity index (χ0v) is 15.0. The summed E-state index contributed by atoms with van der Waals surface area (Å²) in [6.45, 7) is 4.52. The summed E-state index contributed by atoms with van der Waals surface area (Å²) in [5.74, 6) is 1.15. The third-order valence-corrected chi connectivity index (χ3v) is 5.66. The maximum atomic E-state index is 12.5. The molecule has 3 fully saturated rings. The minimum Gasteiger partial charge on any atom is -0.378 e. The fourth-order valence-electron chi connectivity index (χ4n) is 3.59. The number of hydrogen-bond donors (Lipinski definition) is 1. The standard InChI is InChI=1S/C15H25N3O3S.ClH/c19-14(17-5-7-21-8-6-17)10-22-11-15(20)18-12-1-2-13(18)9-16-4-3-12;/h12-13,16H,1-11H2;1H. The lowest BCUT2D eigenvalue weighted by molar-refractivity contribution is -0.132. The highest BCUT2D eigenvalue weighted by atomic mass is 35.5. The van der Waals surface area contributed by atoms with Gasteiger partial charge in [-0.05, 0) is 25.8 Å². The second-order valence-corrected chi connectivity index (χ2v) is 7.15. The third kappa shape index (κ3) is 4.75. The van der Waals surface area contributed by atoms with Gasteiger partial charge in [0.05, 0.1) is 24.7 Å². The number of halogens is 1. The minimum atomic E-state index is 0. The molecule has 0 saturated carbocycles. The maximum absolute atomic E-state index is 12.5. The van der Waals surface area contributed by atoms with Gasteiger partial charge in [-0.25, -0.2) is 0 Å². The number of amides is 2. The molecule has 2 unspecified atom stereocenters. The van der Waals surface area contributed by atoms with Gasteiger partial charge in [-0.1, -0.05) is 0 Å². The SMILES string of the molecule is Cl.O=C(CSCC(=O)N1C2CCNCC1CC2)N1CCOCC1. The summed E-state index contributed by atoms with van der Waals surface area (Å²) >= 11 is 1.45. The first kappa shape index (κ1) is 18.8. The first-order chi connectivity index (χ1) is 10.8. The number of ether oxygens (including phenoxy) is 1. The van der Waals surface area contributed by atoms with Crippen LogP contribution in [0.15, 0.2) is 0 Å². The largest absolute Gasteiger partial charge is 0.378 e. The summed E-state index contributed by atoms with van der Waals surface area (Å²) in [5.41, 5.74) is 0. The van der Waals surface area contributed by atoms with E-state index in [1.807, 2.05) is 4.90 Å². The number of nitrogens with one attached hydrogen (secondary N) is 1. The van der Waals surface area contributed by atoms with Gasteiger partial charge in [-0.3, -0.25) is 9.59 Å². The number of thioether (sulfide) groups is 1. The van der Waals surface area contributed by atoms with Crippen LogP contribution in [0.5, 0.6) is 0 Å². The molecular formula is C15H26ClN3O3S. The molecule has 3 aliphatic rings. The Morgan fingerprint density at radius 2 is 1.74 bits per heavy atom. The molecule has 8 heteroatoms. The number of carbonyl (C=O) groups is 2. The first-order valence-corrected chi connectivity index (χ1v) is 9.36. The molecule has 0 spiro atoms. The highest BCUT2D eigenvalue weighted by Crippen LogP contribution is 2.28. The van der Waals surface area contributed by atoms with Crippen molar-refractivity contribution in [3.05, 3.63) is 0 Å². The molecule has 6 nitrogen and oxygen atoms in total. The van der Waals surface area contributed by atoms with Crippen LogP contribution in [-0.4, -0.2) is 84.6 Å². The van der Waals surface area contributed by atoms with E-state index in [0.717, 1.165) is 32.4 Å². The van der Waals surface area contributed by atoms with Gasteiger partial charge in [-0.2, -0.15) is 0 Å². The van der Waals surface area contributed by atoms with Gasteiger partial charge in [0.25, 0.3) is 0 Å². The van der Waals surface area contributed by atoms with Crippen LogP contribution in [0, 0.1) is 0 Å². The number of hydrogen-bond acceptors (Lipinski definition) is 5. The second-order valence-electron chi connectivity index (χ2n) is 6.16. The summed E-state index contributed by atoms with van der Waals surface area (Å²) in [7, 11) is 0. The van der Waals surface area contributed by atoms with Crippen LogP contribution >= 0.6 is 24.2 Å². The van der Waals surface area contributed by atoms with E-state index in [2.05, 4.69) is 10.2 Å². The van der Waals surface area contributed by atoms with Gasteiger partial charge in [0.1, 0.15) is 0 Å². The average molecular weight is 364 g/mol. The Morgan fingerprint density at radius 1 is 1.04 bits per heavy atom. The van der Waals surface area contributed by atoms with Crippen molar-refractivity contribution >= 4 is 36.0 Å². The molecule has 3 rings (SSSR count). The predicted octanol–water partition coefficient (Wildman–Crippen LogP) is 0.353. The number of morpholine rings is 1. The van der Waals surface area contributed by atoms with Crippen molar-refractivity contribution < 1.29 is 14.3 Å². The topological polar surface area (TPSA) is 61.9 Å². The predicted molar refractivity (Wildman–Crippen MR) is 93.1 cm³/mol. The second kappa shape index (κ2) is 9.11. The number of nitrogens with zero attached hydrogens (tertiary/aromatic N) is 2. The van der Waals surface area contributed by atoms with E-state index in [1.54, 1.807) is 0 Å². The molecule has 0 aromatic rings. The van der Waals surface area contributed by atoms with Crippen LogP contribution in [-0.2, 0) is 14.3 Å².